The molecule has 0 spiro atoms. The van der Waals surface area contributed by atoms with Gasteiger partial charge in [-0.25, -0.2) is 4.98 Å². The lowest BCUT2D eigenvalue weighted by molar-refractivity contribution is -0.115. The van der Waals surface area contributed by atoms with Gasteiger partial charge >= 0.3 is 0 Å². The highest BCUT2D eigenvalue weighted by Crippen LogP contribution is 2.35. The summed E-state index contributed by atoms with van der Waals surface area (Å²) < 4.78 is 10.6. The number of thiophene rings is 1. The Labute approximate surface area is 217 Å². The fourth-order valence-electron chi connectivity index (χ4n) is 4.47. The Morgan fingerprint density at radius 2 is 1.92 bits per heavy atom. The number of H-pyrrole nitrogens is 1. The minimum absolute atomic E-state index is 0.196. The maximum Gasteiger partial charge on any atom is 0.260 e. The molecule has 0 saturated heterocycles. The second-order valence-corrected chi connectivity index (χ2v) is 10.9. The van der Waals surface area contributed by atoms with Gasteiger partial charge in [-0.15, -0.1) is 11.3 Å². The first-order valence-electron chi connectivity index (χ1n) is 11.8. The van der Waals surface area contributed by atoms with E-state index in [9.17, 15) is 9.59 Å². The number of aromatic nitrogens is 2. The van der Waals surface area contributed by atoms with E-state index >= 15 is 0 Å². The Hall–Kier alpha value is -3.30. The van der Waals surface area contributed by atoms with Gasteiger partial charge in [0, 0.05) is 17.0 Å². The molecule has 1 unspecified atom stereocenters. The van der Waals surface area contributed by atoms with Crippen LogP contribution < -0.4 is 20.3 Å². The predicted octanol–water partition coefficient (Wildman–Crippen LogP) is 5.67. The molecule has 0 saturated carbocycles. The van der Waals surface area contributed by atoms with Crippen LogP contribution in [0.5, 0.6) is 11.5 Å². The van der Waals surface area contributed by atoms with Crippen LogP contribution in [0.15, 0.2) is 51.7 Å². The third-order valence-electron chi connectivity index (χ3n) is 6.40. The average Bonchev–Trinajstić information content (AvgIpc) is 3.33. The van der Waals surface area contributed by atoms with E-state index in [0.717, 1.165) is 24.0 Å². The van der Waals surface area contributed by atoms with Crippen LogP contribution in [-0.4, -0.2) is 35.3 Å². The zero-order valence-electron chi connectivity index (χ0n) is 20.3. The summed E-state index contributed by atoms with van der Waals surface area (Å²) in [5.41, 5.74) is 5.06. The molecule has 0 radical (unpaired) electrons. The Bertz CT molecular complexity index is 1490. The number of carbonyl (C=O) groups is 1. The van der Waals surface area contributed by atoms with Gasteiger partial charge in [-0.1, -0.05) is 30.0 Å². The number of benzene rings is 2. The molecule has 9 heteroatoms. The van der Waals surface area contributed by atoms with Crippen molar-refractivity contribution < 1.29 is 14.3 Å². The lowest BCUT2D eigenvalue weighted by Crippen LogP contribution is -2.23. The number of aromatic amines is 1. The Morgan fingerprint density at radius 1 is 1.11 bits per heavy atom. The first kappa shape index (κ1) is 24.4. The molecule has 5 rings (SSSR count). The fourth-order valence-corrected chi connectivity index (χ4v) is 6.27. The number of hydrogen-bond donors (Lipinski definition) is 2. The smallest absolute Gasteiger partial charge is 0.260 e. The van der Waals surface area contributed by atoms with E-state index in [4.69, 9.17) is 9.47 Å². The number of ether oxygens (including phenoxy) is 2. The predicted molar refractivity (Wildman–Crippen MR) is 146 cm³/mol. The van der Waals surface area contributed by atoms with Gasteiger partial charge in [-0.05, 0) is 61.4 Å². The second-order valence-electron chi connectivity index (χ2n) is 8.71. The van der Waals surface area contributed by atoms with Crippen LogP contribution in [0.2, 0.25) is 0 Å². The number of rotatable bonds is 7. The second kappa shape index (κ2) is 10.4. The molecule has 4 aromatic rings. The van der Waals surface area contributed by atoms with Crippen LogP contribution in [0.3, 0.4) is 0 Å². The number of amides is 1. The largest absolute Gasteiger partial charge is 0.497 e. The summed E-state index contributed by atoms with van der Waals surface area (Å²) in [5, 5.41) is 5.37. The van der Waals surface area contributed by atoms with Crippen LogP contribution in [0.4, 0.5) is 5.69 Å². The molecule has 1 aliphatic rings. The van der Waals surface area contributed by atoms with E-state index in [2.05, 4.69) is 33.5 Å². The molecule has 1 amide bonds. The molecule has 2 aromatic carbocycles. The number of nitrogens with one attached hydrogen (secondary N) is 2. The molecule has 186 valence electrons. The SMILES string of the molecule is COc1ccc(OC)c(NC(=O)C(C)Sc2nc3scc(-c4ccc5c(c4)CCCC5)c3c(=O)[nH]2)c1. The normalized spacial score (nSPS) is 13.8. The van der Waals surface area contributed by atoms with E-state index in [1.165, 1.54) is 47.1 Å². The molecule has 2 heterocycles. The summed E-state index contributed by atoms with van der Waals surface area (Å²) in [5.74, 6) is 0.896. The molecule has 2 N–H and O–H groups in total. The minimum Gasteiger partial charge on any atom is -0.497 e. The van der Waals surface area contributed by atoms with Crippen molar-refractivity contribution in [3.05, 3.63) is 63.3 Å². The molecule has 36 heavy (non-hydrogen) atoms. The van der Waals surface area contributed by atoms with Crippen molar-refractivity contribution in [1.29, 1.82) is 0 Å². The number of carbonyl (C=O) groups excluding carboxylic acids is 1. The molecule has 1 aliphatic carbocycles. The number of methoxy groups -OCH3 is 2. The van der Waals surface area contributed by atoms with Crippen molar-refractivity contribution in [2.24, 2.45) is 0 Å². The highest BCUT2D eigenvalue weighted by molar-refractivity contribution is 8.00. The Morgan fingerprint density at radius 3 is 2.69 bits per heavy atom. The first-order chi connectivity index (χ1) is 17.5. The van der Waals surface area contributed by atoms with Crippen LogP contribution in [0.25, 0.3) is 21.3 Å². The zero-order valence-corrected chi connectivity index (χ0v) is 22.0. The summed E-state index contributed by atoms with van der Waals surface area (Å²) >= 11 is 2.65. The van der Waals surface area contributed by atoms with E-state index in [-0.39, 0.29) is 11.5 Å². The number of fused-ring (bicyclic) bond motifs is 2. The van der Waals surface area contributed by atoms with E-state index in [1.54, 1.807) is 39.3 Å². The maximum atomic E-state index is 13.1. The molecule has 1 atom stereocenters. The number of anilines is 1. The van der Waals surface area contributed by atoms with Crippen LogP contribution in [0, 0.1) is 0 Å². The number of thioether (sulfide) groups is 1. The molecule has 0 fully saturated rings. The quantitative estimate of drug-likeness (QED) is 0.241. The highest BCUT2D eigenvalue weighted by Gasteiger charge is 2.20. The van der Waals surface area contributed by atoms with Gasteiger partial charge in [0.1, 0.15) is 16.3 Å². The third-order valence-corrected chi connectivity index (χ3v) is 8.26. The summed E-state index contributed by atoms with van der Waals surface area (Å²) in [6, 6.07) is 11.7. The van der Waals surface area contributed by atoms with Crippen molar-refractivity contribution >= 4 is 44.9 Å². The standard InChI is InChI=1S/C27H27N3O4S2/c1-15(24(31)28-21-13-19(33-2)10-11-22(21)34-3)36-27-29-25(32)23-20(14-35-26(23)30-27)18-9-8-16-6-4-5-7-17(16)12-18/h8-15H,4-7H2,1-3H3,(H,28,31)(H,29,30,32). The lowest BCUT2D eigenvalue weighted by atomic mass is 9.89. The Kier molecular flexibility index (Phi) is 7.02. The van der Waals surface area contributed by atoms with Crippen molar-refractivity contribution in [3.63, 3.8) is 0 Å². The van der Waals surface area contributed by atoms with E-state index in [0.29, 0.717) is 32.6 Å². The summed E-state index contributed by atoms with van der Waals surface area (Å²) in [6.45, 7) is 1.77. The first-order valence-corrected chi connectivity index (χ1v) is 13.6. The van der Waals surface area contributed by atoms with Gasteiger partial charge in [-0.2, -0.15) is 0 Å². The maximum absolute atomic E-state index is 13.1. The average molecular weight is 522 g/mol. The van der Waals surface area contributed by atoms with E-state index in [1.807, 2.05) is 5.38 Å². The van der Waals surface area contributed by atoms with Crippen molar-refractivity contribution in [1.82, 2.24) is 9.97 Å². The van der Waals surface area contributed by atoms with E-state index < -0.39 is 5.25 Å². The lowest BCUT2D eigenvalue weighted by Gasteiger charge is -2.16. The van der Waals surface area contributed by atoms with Gasteiger partial charge < -0.3 is 19.8 Å². The van der Waals surface area contributed by atoms with Crippen LogP contribution in [-0.2, 0) is 17.6 Å². The van der Waals surface area contributed by atoms with Crippen molar-refractivity contribution in [3.8, 4) is 22.6 Å². The van der Waals surface area contributed by atoms with Crippen LogP contribution in [0.1, 0.15) is 30.9 Å². The molecule has 0 bridgehead atoms. The van der Waals surface area contributed by atoms with Gasteiger partial charge in [0.2, 0.25) is 5.91 Å². The van der Waals surface area contributed by atoms with Gasteiger partial charge in [0.05, 0.1) is 30.5 Å². The zero-order chi connectivity index (χ0) is 25.2. The van der Waals surface area contributed by atoms with Crippen molar-refractivity contribution in [2.75, 3.05) is 19.5 Å². The minimum atomic E-state index is -0.512. The topological polar surface area (TPSA) is 93.3 Å². The third kappa shape index (κ3) is 4.85. The van der Waals surface area contributed by atoms with Gasteiger partial charge in [-0.3, -0.25) is 9.59 Å². The van der Waals surface area contributed by atoms with Crippen LogP contribution >= 0.6 is 23.1 Å². The summed E-state index contributed by atoms with van der Waals surface area (Å²) in [7, 11) is 3.10. The van der Waals surface area contributed by atoms with Gasteiger partial charge in [0.25, 0.3) is 5.56 Å². The number of hydrogen-bond acceptors (Lipinski definition) is 7. The summed E-state index contributed by atoms with van der Waals surface area (Å²) in [4.78, 5) is 34.2. The fraction of sp³-hybridized carbons (Fsp3) is 0.296. The monoisotopic (exact) mass is 521 g/mol. The van der Waals surface area contributed by atoms with Gasteiger partial charge in [0.15, 0.2) is 5.16 Å². The number of nitrogens with zero attached hydrogens (tertiary/aromatic N) is 1. The molecule has 2 aromatic heterocycles. The van der Waals surface area contributed by atoms with Crippen molar-refractivity contribution in [2.45, 2.75) is 43.0 Å². The molecular weight excluding hydrogens is 494 g/mol. The molecule has 7 nitrogen and oxygen atoms in total. The molecule has 0 aliphatic heterocycles. The summed E-state index contributed by atoms with van der Waals surface area (Å²) in [6.07, 6.45) is 4.66. The Balaban J connectivity index is 1.36. The molecular formula is C27H27N3O4S2. The number of aryl methyl sites for hydroxylation is 2. The highest BCUT2D eigenvalue weighted by atomic mass is 32.2.